The summed E-state index contributed by atoms with van der Waals surface area (Å²) in [4.78, 5) is 14.5. The van der Waals surface area contributed by atoms with Gasteiger partial charge in [-0.2, -0.15) is 0 Å². The van der Waals surface area contributed by atoms with Crippen LogP contribution in [0.3, 0.4) is 0 Å². The fourth-order valence-electron chi connectivity index (χ4n) is 3.12. The molecular weight excluding hydrogens is 305 g/mol. The van der Waals surface area contributed by atoms with Crippen molar-refractivity contribution in [1.29, 1.82) is 0 Å². The van der Waals surface area contributed by atoms with Crippen LogP contribution in [0.5, 0.6) is 0 Å². The smallest absolute Gasteiger partial charge is 0.226 e. The highest BCUT2D eigenvalue weighted by Gasteiger charge is 2.37. The van der Waals surface area contributed by atoms with Crippen molar-refractivity contribution < 1.29 is 14.3 Å². The molecule has 0 aromatic heterocycles. The van der Waals surface area contributed by atoms with Gasteiger partial charge in [-0.1, -0.05) is 48.5 Å². The summed E-state index contributed by atoms with van der Waals surface area (Å²) in [7, 11) is 0. The molecule has 0 radical (unpaired) electrons. The zero-order valence-electron chi connectivity index (χ0n) is 13.7. The van der Waals surface area contributed by atoms with Gasteiger partial charge in [0.1, 0.15) is 5.82 Å². The van der Waals surface area contributed by atoms with Gasteiger partial charge in [-0.3, -0.25) is 4.79 Å². The van der Waals surface area contributed by atoms with Crippen LogP contribution in [-0.2, 0) is 4.79 Å². The van der Waals surface area contributed by atoms with E-state index in [1.165, 1.54) is 6.07 Å². The first-order valence-corrected chi connectivity index (χ1v) is 8.36. The van der Waals surface area contributed by atoms with Gasteiger partial charge in [-0.25, -0.2) is 4.39 Å². The third kappa shape index (κ3) is 3.65. The first-order chi connectivity index (χ1) is 11.6. The molecule has 4 heteroatoms. The van der Waals surface area contributed by atoms with Crippen molar-refractivity contribution in [1.82, 2.24) is 4.90 Å². The number of rotatable bonds is 6. The van der Waals surface area contributed by atoms with Gasteiger partial charge in [-0.05, 0) is 31.4 Å². The summed E-state index contributed by atoms with van der Waals surface area (Å²) in [5, 5.41) is 10.3. The topological polar surface area (TPSA) is 40.5 Å². The number of benzene rings is 2. The largest absolute Gasteiger partial charge is 0.388 e. The molecule has 2 atom stereocenters. The predicted molar refractivity (Wildman–Crippen MR) is 90.7 cm³/mol. The average molecular weight is 327 g/mol. The van der Waals surface area contributed by atoms with Gasteiger partial charge in [0.05, 0.1) is 18.6 Å². The van der Waals surface area contributed by atoms with Gasteiger partial charge in [-0.15, -0.1) is 0 Å². The standard InChI is InChI=1S/C20H22FNO2/c1-14(17-9-5-6-10-18(17)21)22(16-11-12-16)20(24)13-19(23)15-7-3-2-4-8-15/h2-10,14,16,19,23H,11-13H2,1H3. The van der Waals surface area contributed by atoms with E-state index in [4.69, 9.17) is 0 Å². The van der Waals surface area contributed by atoms with Crippen molar-refractivity contribution >= 4 is 5.91 Å². The number of carbonyl (C=O) groups excluding carboxylic acids is 1. The van der Waals surface area contributed by atoms with Crippen LogP contribution in [0.1, 0.15) is 49.5 Å². The van der Waals surface area contributed by atoms with E-state index in [1.807, 2.05) is 25.1 Å². The molecule has 2 unspecified atom stereocenters. The summed E-state index contributed by atoms with van der Waals surface area (Å²) >= 11 is 0. The summed E-state index contributed by atoms with van der Waals surface area (Å²) in [6.07, 6.45) is 1.05. The van der Waals surface area contributed by atoms with E-state index in [0.717, 1.165) is 18.4 Å². The highest BCUT2D eigenvalue weighted by Crippen LogP contribution is 2.36. The molecule has 126 valence electrons. The highest BCUT2D eigenvalue weighted by molar-refractivity contribution is 5.78. The van der Waals surface area contributed by atoms with Gasteiger partial charge in [0.2, 0.25) is 5.91 Å². The Kier molecular flexibility index (Phi) is 4.95. The number of aliphatic hydroxyl groups is 1. The van der Waals surface area contributed by atoms with E-state index in [2.05, 4.69) is 0 Å². The Hall–Kier alpha value is -2.20. The molecule has 3 nitrogen and oxygen atoms in total. The van der Waals surface area contributed by atoms with Crippen LogP contribution in [0.4, 0.5) is 4.39 Å². The monoisotopic (exact) mass is 327 g/mol. The number of hydrogen-bond donors (Lipinski definition) is 1. The van der Waals surface area contributed by atoms with E-state index in [-0.39, 0.29) is 30.2 Å². The van der Waals surface area contributed by atoms with Crippen molar-refractivity contribution in [2.75, 3.05) is 0 Å². The lowest BCUT2D eigenvalue weighted by Crippen LogP contribution is -2.36. The van der Waals surface area contributed by atoms with E-state index < -0.39 is 6.10 Å². The third-order valence-electron chi connectivity index (χ3n) is 4.55. The molecule has 0 heterocycles. The number of amides is 1. The summed E-state index contributed by atoms with van der Waals surface area (Å²) in [6, 6.07) is 15.5. The number of carbonyl (C=O) groups is 1. The number of aliphatic hydroxyl groups excluding tert-OH is 1. The second-order valence-electron chi connectivity index (χ2n) is 6.36. The lowest BCUT2D eigenvalue weighted by Gasteiger charge is -2.31. The molecule has 1 N–H and O–H groups in total. The van der Waals surface area contributed by atoms with E-state index in [0.29, 0.717) is 5.56 Å². The first kappa shape index (κ1) is 16.7. The molecule has 2 aromatic rings. The molecule has 0 spiro atoms. The number of nitrogens with zero attached hydrogens (tertiary/aromatic N) is 1. The van der Waals surface area contributed by atoms with Gasteiger partial charge in [0.15, 0.2) is 0 Å². The molecule has 1 fully saturated rings. The highest BCUT2D eigenvalue weighted by atomic mass is 19.1. The third-order valence-corrected chi connectivity index (χ3v) is 4.55. The molecule has 0 bridgehead atoms. The van der Waals surface area contributed by atoms with Gasteiger partial charge >= 0.3 is 0 Å². The zero-order chi connectivity index (χ0) is 17.1. The van der Waals surface area contributed by atoms with Crippen LogP contribution in [0, 0.1) is 5.82 Å². The van der Waals surface area contributed by atoms with Crippen molar-refractivity contribution in [3.05, 3.63) is 71.5 Å². The molecular formula is C20H22FNO2. The van der Waals surface area contributed by atoms with Crippen LogP contribution in [0.2, 0.25) is 0 Å². The summed E-state index contributed by atoms with van der Waals surface area (Å²) in [6.45, 7) is 1.85. The summed E-state index contributed by atoms with van der Waals surface area (Å²) < 4.78 is 14.1. The predicted octanol–water partition coefficient (Wildman–Crippen LogP) is 4.00. The maximum atomic E-state index is 14.1. The molecule has 1 aliphatic carbocycles. The van der Waals surface area contributed by atoms with Crippen LogP contribution in [0.15, 0.2) is 54.6 Å². The normalized spacial score (nSPS) is 16.5. The minimum absolute atomic E-state index is 0.0132. The molecule has 1 amide bonds. The Labute approximate surface area is 141 Å². The zero-order valence-corrected chi connectivity index (χ0v) is 13.7. The maximum Gasteiger partial charge on any atom is 0.226 e. The quantitative estimate of drug-likeness (QED) is 0.871. The van der Waals surface area contributed by atoms with Crippen molar-refractivity contribution in [3.8, 4) is 0 Å². The molecule has 2 aromatic carbocycles. The molecule has 1 saturated carbocycles. The van der Waals surface area contributed by atoms with Gasteiger partial charge < -0.3 is 10.0 Å². The Morgan fingerprint density at radius 3 is 2.42 bits per heavy atom. The molecule has 3 rings (SSSR count). The second-order valence-corrected chi connectivity index (χ2v) is 6.36. The minimum atomic E-state index is -0.840. The lowest BCUT2D eigenvalue weighted by atomic mass is 10.0. The SMILES string of the molecule is CC(c1ccccc1F)N(C(=O)CC(O)c1ccccc1)C1CC1. The molecule has 0 aliphatic heterocycles. The van der Waals surface area contributed by atoms with Crippen molar-refractivity contribution in [2.24, 2.45) is 0 Å². The van der Waals surface area contributed by atoms with E-state index in [1.54, 1.807) is 35.2 Å². The van der Waals surface area contributed by atoms with Crippen LogP contribution < -0.4 is 0 Å². The van der Waals surface area contributed by atoms with Crippen LogP contribution in [-0.4, -0.2) is 22.0 Å². The fraction of sp³-hybridized carbons (Fsp3) is 0.350. The summed E-state index contributed by atoms with van der Waals surface area (Å²) in [5.41, 5.74) is 1.24. The van der Waals surface area contributed by atoms with Crippen LogP contribution >= 0.6 is 0 Å². The lowest BCUT2D eigenvalue weighted by molar-refractivity contribution is -0.136. The fourth-order valence-corrected chi connectivity index (χ4v) is 3.12. The Morgan fingerprint density at radius 2 is 1.79 bits per heavy atom. The molecule has 24 heavy (non-hydrogen) atoms. The Morgan fingerprint density at radius 1 is 1.17 bits per heavy atom. The minimum Gasteiger partial charge on any atom is -0.388 e. The first-order valence-electron chi connectivity index (χ1n) is 8.36. The second kappa shape index (κ2) is 7.14. The molecule has 0 saturated heterocycles. The van der Waals surface area contributed by atoms with Crippen LogP contribution in [0.25, 0.3) is 0 Å². The van der Waals surface area contributed by atoms with Crippen molar-refractivity contribution in [2.45, 2.75) is 44.4 Å². The summed E-state index contributed by atoms with van der Waals surface area (Å²) in [5.74, 6) is -0.434. The Bertz CT molecular complexity index is 700. The number of halogens is 1. The van der Waals surface area contributed by atoms with Gasteiger partial charge in [0.25, 0.3) is 0 Å². The average Bonchev–Trinajstić information content (AvgIpc) is 3.41. The number of hydrogen-bond acceptors (Lipinski definition) is 2. The maximum absolute atomic E-state index is 14.1. The van der Waals surface area contributed by atoms with E-state index >= 15 is 0 Å². The van der Waals surface area contributed by atoms with E-state index in [9.17, 15) is 14.3 Å². The molecule has 1 aliphatic rings. The van der Waals surface area contributed by atoms with Crippen molar-refractivity contribution in [3.63, 3.8) is 0 Å². The van der Waals surface area contributed by atoms with Gasteiger partial charge in [0, 0.05) is 11.6 Å². The Balaban J connectivity index is 1.76.